The molecule has 84 valence electrons. The van der Waals surface area contributed by atoms with Gasteiger partial charge in [0, 0.05) is 5.69 Å². The molecule has 2 rings (SSSR count). The lowest BCUT2D eigenvalue weighted by Crippen LogP contribution is -2.04. The molecule has 0 saturated heterocycles. The molecule has 16 heavy (non-hydrogen) atoms. The monoisotopic (exact) mass is 236 g/mol. The number of hydrogen-bond donors (Lipinski definition) is 1. The molecule has 0 aliphatic rings. The second kappa shape index (κ2) is 4.09. The number of nitrogens with zero attached hydrogens (tertiary/aromatic N) is 2. The number of aromatic nitrogens is 2. The number of carboxylic acid groups (broad SMARTS) is 1. The van der Waals surface area contributed by atoms with Crippen molar-refractivity contribution in [3.8, 4) is 0 Å². The molecule has 0 aromatic carbocycles. The first-order chi connectivity index (χ1) is 7.59. The summed E-state index contributed by atoms with van der Waals surface area (Å²) in [7, 11) is 0. The molecule has 2 aromatic heterocycles. The summed E-state index contributed by atoms with van der Waals surface area (Å²) in [4.78, 5) is 15.5. The summed E-state index contributed by atoms with van der Waals surface area (Å²) in [6, 6.07) is 1.85. The molecule has 0 unspecified atom stereocenters. The zero-order chi connectivity index (χ0) is 11.7. The Bertz CT molecular complexity index is 528. The van der Waals surface area contributed by atoms with Crippen LogP contribution in [0.5, 0.6) is 0 Å². The number of carbonyl (C=O) groups is 1. The summed E-state index contributed by atoms with van der Waals surface area (Å²) in [5.74, 6) is -0.862. The van der Waals surface area contributed by atoms with Crippen LogP contribution in [0.4, 0.5) is 0 Å². The maximum absolute atomic E-state index is 10.9. The first kappa shape index (κ1) is 10.9. The van der Waals surface area contributed by atoms with Gasteiger partial charge in [-0.25, -0.2) is 9.78 Å². The van der Waals surface area contributed by atoms with Crippen molar-refractivity contribution in [1.29, 1.82) is 0 Å². The third-order valence-corrected chi connectivity index (χ3v) is 3.57. The summed E-state index contributed by atoms with van der Waals surface area (Å²) < 4.78 is 1.96. The van der Waals surface area contributed by atoms with Crippen LogP contribution in [-0.4, -0.2) is 20.6 Å². The molecule has 5 heteroatoms. The van der Waals surface area contributed by atoms with Crippen molar-refractivity contribution in [3.05, 3.63) is 39.6 Å². The van der Waals surface area contributed by atoms with E-state index in [2.05, 4.69) is 4.98 Å². The van der Waals surface area contributed by atoms with Crippen LogP contribution in [0.25, 0.3) is 0 Å². The molecule has 0 bridgehead atoms. The quantitative estimate of drug-likeness (QED) is 0.889. The molecule has 0 amide bonds. The molecule has 0 spiro atoms. The standard InChI is InChI=1S/C11H12N2O2S/c1-7-8(2)13(6-12-7)5-9-3-4-16-10(9)11(14)15/h3-4,6H,5H2,1-2H3,(H,14,15). The van der Waals surface area contributed by atoms with Crippen LogP contribution in [0.15, 0.2) is 17.8 Å². The summed E-state index contributed by atoms with van der Waals surface area (Å²) in [5.41, 5.74) is 2.88. The summed E-state index contributed by atoms with van der Waals surface area (Å²) >= 11 is 1.26. The number of aromatic carboxylic acids is 1. The van der Waals surface area contributed by atoms with Crippen LogP contribution in [0.1, 0.15) is 26.6 Å². The molecule has 0 radical (unpaired) electrons. The Morgan fingerprint density at radius 1 is 1.56 bits per heavy atom. The van der Waals surface area contributed by atoms with Crippen molar-refractivity contribution in [1.82, 2.24) is 9.55 Å². The lowest BCUT2D eigenvalue weighted by molar-refractivity contribution is 0.0701. The highest BCUT2D eigenvalue weighted by Crippen LogP contribution is 2.19. The van der Waals surface area contributed by atoms with Crippen LogP contribution in [0, 0.1) is 13.8 Å². The van der Waals surface area contributed by atoms with E-state index in [-0.39, 0.29) is 0 Å². The Morgan fingerprint density at radius 2 is 2.31 bits per heavy atom. The van der Waals surface area contributed by atoms with Gasteiger partial charge in [-0.3, -0.25) is 0 Å². The van der Waals surface area contributed by atoms with Gasteiger partial charge in [0.15, 0.2) is 0 Å². The van der Waals surface area contributed by atoms with Crippen LogP contribution in [0.2, 0.25) is 0 Å². The second-order valence-corrected chi connectivity index (χ2v) is 4.54. The minimum Gasteiger partial charge on any atom is -0.477 e. The molecule has 1 N–H and O–H groups in total. The van der Waals surface area contributed by atoms with Crippen molar-refractivity contribution < 1.29 is 9.90 Å². The lowest BCUT2D eigenvalue weighted by atomic mass is 10.2. The van der Waals surface area contributed by atoms with Gasteiger partial charge < -0.3 is 9.67 Å². The zero-order valence-electron chi connectivity index (χ0n) is 9.10. The molecule has 2 aromatic rings. The van der Waals surface area contributed by atoms with Crippen LogP contribution >= 0.6 is 11.3 Å². The van der Waals surface area contributed by atoms with Crippen molar-refractivity contribution in [3.63, 3.8) is 0 Å². The van der Waals surface area contributed by atoms with Crippen LogP contribution < -0.4 is 0 Å². The van der Waals surface area contributed by atoms with E-state index in [9.17, 15) is 4.79 Å². The number of rotatable bonds is 3. The van der Waals surface area contributed by atoms with Crippen molar-refractivity contribution in [2.75, 3.05) is 0 Å². The normalized spacial score (nSPS) is 10.6. The fourth-order valence-electron chi connectivity index (χ4n) is 1.53. The minimum absolute atomic E-state index is 0.408. The maximum atomic E-state index is 10.9. The van der Waals surface area contributed by atoms with E-state index in [1.807, 2.05) is 24.5 Å². The minimum atomic E-state index is -0.862. The van der Waals surface area contributed by atoms with E-state index in [1.165, 1.54) is 11.3 Å². The Kier molecular flexibility index (Phi) is 2.78. The number of imidazole rings is 1. The van der Waals surface area contributed by atoms with Gasteiger partial charge in [0.1, 0.15) is 4.88 Å². The number of thiophene rings is 1. The first-order valence-corrected chi connectivity index (χ1v) is 5.75. The van der Waals surface area contributed by atoms with E-state index in [0.29, 0.717) is 11.4 Å². The molecule has 0 fully saturated rings. The summed E-state index contributed by atoms with van der Waals surface area (Å²) in [6.07, 6.45) is 1.74. The molecular formula is C11H12N2O2S. The average molecular weight is 236 g/mol. The Morgan fingerprint density at radius 3 is 2.88 bits per heavy atom. The van der Waals surface area contributed by atoms with Gasteiger partial charge in [-0.15, -0.1) is 11.3 Å². The maximum Gasteiger partial charge on any atom is 0.346 e. The van der Waals surface area contributed by atoms with Gasteiger partial charge in [-0.2, -0.15) is 0 Å². The topological polar surface area (TPSA) is 55.1 Å². The predicted molar refractivity (Wildman–Crippen MR) is 62.1 cm³/mol. The predicted octanol–water partition coefficient (Wildman–Crippen LogP) is 2.31. The fraction of sp³-hybridized carbons (Fsp3) is 0.273. The van der Waals surface area contributed by atoms with E-state index in [4.69, 9.17) is 5.11 Å². The third kappa shape index (κ3) is 1.86. The zero-order valence-corrected chi connectivity index (χ0v) is 9.91. The summed E-state index contributed by atoms with van der Waals surface area (Å²) in [5, 5.41) is 10.8. The molecule has 0 aliphatic carbocycles. The van der Waals surface area contributed by atoms with Crippen molar-refractivity contribution in [2.24, 2.45) is 0 Å². The molecular weight excluding hydrogens is 224 g/mol. The van der Waals surface area contributed by atoms with Gasteiger partial charge in [-0.05, 0) is 30.9 Å². The van der Waals surface area contributed by atoms with E-state index in [0.717, 1.165) is 17.0 Å². The fourth-order valence-corrected chi connectivity index (χ4v) is 2.29. The van der Waals surface area contributed by atoms with Crippen LogP contribution in [0.3, 0.4) is 0 Å². The number of aryl methyl sites for hydroxylation is 1. The summed E-state index contributed by atoms with van der Waals surface area (Å²) in [6.45, 7) is 4.49. The van der Waals surface area contributed by atoms with Gasteiger partial charge >= 0.3 is 5.97 Å². The van der Waals surface area contributed by atoms with Crippen molar-refractivity contribution >= 4 is 17.3 Å². The van der Waals surface area contributed by atoms with E-state index in [1.54, 1.807) is 11.7 Å². The highest BCUT2D eigenvalue weighted by molar-refractivity contribution is 7.12. The first-order valence-electron chi connectivity index (χ1n) is 4.87. The third-order valence-electron chi connectivity index (χ3n) is 2.63. The van der Waals surface area contributed by atoms with Gasteiger partial charge in [-0.1, -0.05) is 0 Å². The Balaban J connectivity index is 2.30. The highest BCUT2D eigenvalue weighted by atomic mass is 32.1. The molecule has 2 heterocycles. The average Bonchev–Trinajstić information content (AvgIpc) is 2.80. The van der Waals surface area contributed by atoms with Gasteiger partial charge in [0.05, 0.1) is 18.6 Å². The van der Waals surface area contributed by atoms with Crippen molar-refractivity contribution in [2.45, 2.75) is 20.4 Å². The van der Waals surface area contributed by atoms with E-state index >= 15 is 0 Å². The van der Waals surface area contributed by atoms with E-state index < -0.39 is 5.97 Å². The highest BCUT2D eigenvalue weighted by Gasteiger charge is 2.12. The Labute approximate surface area is 97.2 Å². The largest absolute Gasteiger partial charge is 0.477 e. The number of carboxylic acids is 1. The van der Waals surface area contributed by atoms with Gasteiger partial charge in [0.25, 0.3) is 0 Å². The molecule has 0 saturated carbocycles. The van der Waals surface area contributed by atoms with Gasteiger partial charge in [0.2, 0.25) is 0 Å². The molecule has 4 nitrogen and oxygen atoms in total. The molecule has 0 aliphatic heterocycles. The second-order valence-electron chi connectivity index (χ2n) is 3.62. The molecule has 0 atom stereocenters. The SMILES string of the molecule is Cc1ncn(Cc2ccsc2C(=O)O)c1C. The Hall–Kier alpha value is -1.62. The smallest absolute Gasteiger partial charge is 0.346 e. The van der Waals surface area contributed by atoms with Crippen LogP contribution in [-0.2, 0) is 6.54 Å². The lowest BCUT2D eigenvalue weighted by Gasteiger charge is -2.04. The number of hydrogen-bond acceptors (Lipinski definition) is 3.